The minimum Gasteiger partial charge on any atom is -0.316 e. The summed E-state index contributed by atoms with van der Waals surface area (Å²) in [7, 11) is 0. The van der Waals surface area contributed by atoms with Gasteiger partial charge in [0.1, 0.15) is 5.03 Å². The van der Waals surface area contributed by atoms with Crippen molar-refractivity contribution in [2.24, 2.45) is 0 Å². The molecule has 2 heterocycles. The molecule has 2 rings (SSSR count). The van der Waals surface area contributed by atoms with E-state index in [1.807, 2.05) is 18.0 Å². The van der Waals surface area contributed by atoms with E-state index in [4.69, 9.17) is 0 Å². The lowest BCUT2D eigenvalue weighted by atomic mass is 10.2. The van der Waals surface area contributed by atoms with Gasteiger partial charge in [0, 0.05) is 24.2 Å². The van der Waals surface area contributed by atoms with Gasteiger partial charge in [-0.15, -0.1) is 11.8 Å². The second kappa shape index (κ2) is 4.58. The fourth-order valence-electron chi connectivity index (χ4n) is 1.44. The van der Waals surface area contributed by atoms with E-state index in [0.717, 1.165) is 18.1 Å². The molecule has 1 aromatic heterocycles. The zero-order valence-electron chi connectivity index (χ0n) is 7.44. The lowest BCUT2D eigenvalue weighted by Gasteiger charge is -2.21. The van der Waals surface area contributed by atoms with Crippen LogP contribution in [0, 0.1) is 0 Å². The second-order valence-electron chi connectivity index (χ2n) is 3.13. The molecule has 1 N–H and O–H groups in total. The number of nitrogens with zero attached hydrogens (tertiary/aromatic N) is 2. The van der Waals surface area contributed by atoms with Crippen molar-refractivity contribution in [2.45, 2.75) is 23.1 Å². The molecule has 0 radical (unpaired) electrons. The highest BCUT2D eigenvalue weighted by Gasteiger charge is 2.14. The van der Waals surface area contributed by atoms with Crippen molar-refractivity contribution in [1.29, 1.82) is 0 Å². The molecule has 1 fully saturated rings. The van der Waals surface area contributed by atoms with E-state index in [0.29, 0.717) is 5.25 Å². The van der Waals surface area contributed by atoms with Gasteiger partial charge in [-0.3, -0.25) is 4.98 Å². The molecule has 1 aliphatic heterocycles. The first-order valence-corrected chi connectivity index (χ1v) is 5.46. The van der Waals surface area contributed by atoms with Gasteiger partial charge >= 0.3 is 0 Å². The van der Waals surface area contributed by atoms with Crippen LogP contribution in [0.25, 0.3) is 0 Å². The van der Waals surface area contributed by atoms with Crippen LogP contribution in [0.3, 0.4) is 0 Å². The summed E-state index contributed by atoms with van der Waals surface area (Å²) < 4.78 is 0. The molecule has 0 aliphatic carbocycles. The Bertz CT molecular complexity index is 246. The number of piperidine rings is 1. The van der Waals surface area contributed by atoms with Crippen molar-refractivity contribution >= 4 is 11.8 Å². The van der Waals surface area contributed by atoms with Gasteiger partial charge < -0.3 is 5.32 Å². The summed E-state index contributed by atoms with van der Waals surface area (Å²) in [5.74, 6) is 0. The van der Waals surface area contributed by atoms with Gasteiger partial charge in [0.15, 0.2) is 0 Å². The van der Waals surface area contributed by atoms with Gasteiger partial charge in [0.2, 0.25) is 0 Å². The van der Waals surface area contributed by atoms with Gasteiger partial charge in [-0.05, 0) is 19.4 Å². The minimum atomic E-state index is 0.672. The largest absolute Gasteiger partial charge is 0.316 e. The number of nitrogens with one attached hydrogen (secondary N) is 1. The monoisotopic (exact) mass is 195 g/mol. The van der Waals surface area contributed by atoms with E-state index in [1.165, 1.54) is 12.8 Å². The third-order valence-electron chi connectivity index (χ3n) is 2.08. The van der Waals surface area contributed by atoms with Crippen LogP contribution in [0.1, 0.15) is 12.8 Å². The van der Waals surface area contributed by atoms with Crippen LogP contribution in [-0.4, -0.2) is 28.3 Å². The van der Waals surface area contributed by atoms with Crippen molar-refractivity contribution in [3.8, 4) is 0 Å². The summed E-state index contributed by atoms with van der Waals surface area (Å²) in [6.07, 6.45) is 7.85. The molecule has 0 aromatic carbocycles. The number of thioether (sulfide) groups is 1. The van der Waals surface area contributed by atoms with Crippen molar-refractivity contribution in [1.82, 2.24) is 15.3 Å². The predicted molar refractivity (Wildman–Crippen MR) is 53.8 cm³/mol. The Morgan fingerprint density at radius 3 is 3.15 bits per heavy atom. The molecule has 0 saturated carbocycles. The van der Waals surface area contributed by atoms with E-state index in [2.05, 4.69) is 15.3 Å². The summed E-state index contributed by atoms with van der Waals surface area (Å²) in [6, 6.07) is 0. The first-order chi connectivity index (χ1) is 6.45. The molecule has 4 heteroatoms. The Morgan fingerprint density at radius 1 is 1.46 bits per heavy atom. The van der Waals surface area contributed by atoms with Crippen LogP contribution in [0.5, 0.6) is 0 Å². The number of hydrogen-bond donors (Lipinski definition) is 1. The maximum Gasteiger partial charge on any atom is 0.115 e. The molecule has 1 aromatic rings. The standard InChI is InChI=1S/C9H13N3S/c1-2-8(6-10-3-1)13-9-7-11-4-5-12-9/h4-5,7-8,10H,1-3,6H2/t8-/m1/s1. The second-order valence-corrected chi connectivity index (χ2v) is 4.45. The van der Waals surface area contributed by atoms with Crippen LogP contribution < -0.4 is 5.32 Å². The quantitative estimate of drug-likeness (QED) is 0.772. The van der Waals surface area contributed by atoms with Gasteiger partial charge in [-0.2, -0.15) is 0 Å². The Morgan fingerprint density at radius 2 is 2.46 bits per heavy atom. The van der Waals surface area contributed by atoms with Gasteiger partial charge in [-0.25, -0.2) is 4.98 Å². The lowest BCUT2D eigenvalue weighted by molar-refractivity contribution is 0.531. The molecule has 1 atom stereocenters. The average molecular weight is 195 g/mol. The van der Waals surface area contributed by atoms with E-state index in [1.54, 1.807) is 12.4 Å². The minimum absolute atomic E-state index is 0.672. The maximum absolute atomic E-state index is 4.25. The Balaban J connectivity index is 1.90. The molecule has 1 saturated heterocycles. The number of rotatable bonds is 2. The predicted octanol–water partition coefficient (Wildman–Crippen LogP) is 1.32. The topological polar surface area (TPSA) is 37.8 Å². The highest BCUT2D eigenvalue weighted by atomic mass is 32.2. The first-order valence-electron chi connectivity index (χ1n) is 4.58. The summed E-state index contributed by atoms with van der Waals surface area (Å²) in [5.41, 5.74) is 0. The normalized spacial score (nSPS) is 22.9. The molecular weight excluding hydrogens is 182 g/mol. The van der Waals surface area contributed by atoms with Crippen LogP contribution in [0.15, 0.2) is 23.6 Å². The molecular formula is C9H13N3S. The van der Waals surface area contributed by atoms with Gasteiger partial charge in [-0.1, -0.05) is 0 Å². The molecule has 0 unspecified atom stereocenters. The number of aromatic nitrogens is 2. The SMILES string of the molecule is c1cnc(S[C@@H]2CCCNC2)cn1. The van der Waals surface area contributed by atoms with Crippen molar-refractivity contribution < 1.29 is 0 Å². The summed E-state index contributed by atoms with van der Waals surface area (Å²) in [6.45, 7) is 2.26. The van der Waals surface area contributed by atoms with Gasteiger partial charge in [0.25, 0.3) is 0 Å². The molecule has 0 spiro atoms. The molecule has 13 heavy (non-hydrogen) atoms. The van der Waals surface area contributed by atoms with E-state index >= 15 is 0 Å². The van der Waals surface area contributed by atoms with Crippen LogP contribution in [0.4, 0.5) is 0 Å². The molecule has 70 valence electrons. The first kappa shape index (κ1) is 8.97. The van der Waals surface area contributed by atoms with Crippen LogP contribution in [-0.2, 0) is 0 Å². The van der Waals surface area contributed by atoms with Crippen molar-refractivity contribution in [3.05, 3.63) is 18.6 Å². The maximum atomic E-state index is 4.25. The van der Waals surface area contributed by atoms with E-state index < -0.39 is 0 Å². The Kier molecular flexibility index (Phi) is 3.16. The van der Waals surface area contributed by atoms with Gasteiger partial charge in [0.05, 0.1) is 6.20 Å². The smallest absolute Gasteiger partial charge is 0.115 e. The Hall–Kier alpha value is -0.610. The van der Waals surface area contributed by atoms with E-state index in [9.17, 15) is 0 Å². The summed E-state index contributed by atoms with van der Waals surface area (Å²) in [5, 5.41) is 5.10. The zero-order valence-corrected chi connectivity index (χ0v) is 8.26. The third kappa shape index (κ3) is 2.67. The highest BCUT2D eigenvalue weighted by molar-refractivity contribution is 7.99. The molecule has 0 bridgehead atoms. The number of hydrogen-bond acceptors (Lipinski definition) is 4. The third-order valence-corrected chi connectivity index (χ3v) is 3.27. The average Bonchev–Trinajstić information content (AvgIpc) is 2.21. The molecule has 0 amide bonds. The molecule has 3 nitrogen and oxygen atoms in total. The highest BCUT2D eigenvalue weighted by Crippen LogP contribution is 2.24. The van der Waals surface area contributed by atoms with E-state index in [-0.39, 0.29) is 0 Å². The molecule has 1 aliphatic rings. The summed E-state index contributed by atoms with van der Waals surface area (Å²) in [4.78, 5) is 8.29. The van der Waals surface area contributed by atoms with Crippen LogP contribution in [0.2, 0.25) is 0 Å². The lowest BCUT2D eigenvalue weighted by Crippen LogP contribution is -2.31. The fourth-order valence-corrected chi connectivity index (χ4v) is 2.51. The summed E-state index contributed by atoms with van der Waals surface area (Å²) >= 11 is 1.83. The zero-order chi connectivity index (χ0) is 8.93. The van der Waals surface area contributed by atoms with Crippen LogP contribution >= 0.6 is 11.8 Å². The Labute approximate surface area is 82.4 Å². The van der Waals surface area contributed by atoms with Crippen molar-refractivity contribution in [2.75, 3.05) is 13.1 Å². The van der Waals surface area contributed by atoms with Crippen molar-refractivity contribution in [3.63, 3.8) is 0 Å². The fraction of sp³-hybridized carbons (Fsp3) is 0.556.